The summed E-state index contributed by atoms with van der Waals surface area (Å²) in [5.41, 5.74) is 0. The Hall–Kier alpha value is -1.18. The van der Waals surface area contributed by atoms with E-state index in [-0.39, 0.29) is 29.9 Å². The Morgan fingerprint density at radius 1 is 0.628 bits per heavy atom. The number of carbonyl (C=O) groups is 2. The molecular formula is C36H71N3O4. The fourth-order valence-electron chi connectivity index (χ4n) is 6.23. The van der Waals surface area contributed by atoms with Crippen LogP contribution in [0.3, 0.4) is 0 Å². The van der Waals surface area contributed by atoms with E-state index in [2.05, 4.69) is 29.4 Å². The SMILES string of the molecule is CCCCCCCCCCC(O)CN(CCCCC1NC(=O)C(C(C)CC)NC1=O)CC(O)CCCCCCCCCC. The largest absolute Gasteiger partial charge is 0.392 e. The van der Waals surface area contributed by atoms with Gasteiger partial charge in [-0.1, -0.05) is 137 Å². The average Bonchev–Trinajstić information content (AvgIpc) is 2.98. The fourth-order valence-corrected chi connectivity index (χ4v) is 6.23. The van der Waals surface area contributed by atoms with Gasteiger partial charge in [-0.15, -0.1) is 0 Å². The van der Waals surface area contributed by atoms with Crippen LogP contribution in [0.2, 0.25) is 0 Å². The minimum Gasteiger partial charge on any atom is -0.392 e. The van der Waals surface area contributed by atoms with Crippen molar-refractivity contribution in [2.24, 2.45) is 5.92 Å². The summed E-state index contributed by atoms with van der Waals surface area (Å²) in [6.07, 6.45) is 24.1. The van der Waals surface area contributed by atoms with Crippen molar-refractivity contribution in [3.8, 4) is 0 Å². The number of hydrogen-bond acceptors (Lipinski definition) is 5. The van der Waals surface area contributed by atoms with Crippen LogP contribution in [0.15, 0.2) is 0 Å². The zero-order chi connectivity index (χ0) is 31.7. The zero-order valence-electron chi connectivity index (χ0n) is 28.7. The van der Waals surface area contributed by atoms with Crippen molar-refractivity contribution in [2.75, 3.05) is 19.6 Å². The molecule has 0 saturated carbocycles. The Kier molecular flexibility index (Phi) is 24.2. The third-order valence-electron chi connectivity index (χ3n) is 9.36. The number of amides is 2. The van der Waals surface area contributed by atoms with E-state index in [4.69, 9.17) is 0 Å². The van der Waals surface area contributed by atoms with Gasteiger partial charge in [0.1, 0.15) is 12.1 Å². The quantitative estimate of drug-likeness (QED) is 0.0668. The van der Waals surface area contributed by atoms with Gasteiger partial charge in [0.15, 0.2) is 0 Å². The number of nitrogens with one attached hydrogen (secondary N) is 2. The van der Waals surface area contributed by atoms with Crippen molar-refractivity contribution in [1.29, 1.82) is 0 Å². The minimum absolute atomic E-state index is 0.0752. The van der Waals surface area contributed by atoms with Gasteiger partial charge in [0, 0.05) is 13.1 Å². The molecule has 4 N–H and O–H groups in total. The van der Waals surface area contributed by atoms with E-state index in [1.54, 1.807) is 0 Å². The Labute approximate surface area is 265 Å². The second-order valence-electron chi connectivity index (χ2n) is 13.5. The molecule has 1 aliphatic rings. The maximum atomic E-state index is 12.6. The van der Waals surface area contributed by atoms with Crippen molar-refractivity contribution in [2.45, 2.75) is 193 Å². The Bertz CT molecular complexity index is 663. The molecule has 7 heteroatoms. The molecule has 1 fully saturated rings. The van der Waals surface area contributed by atoms with Gasteiger partial charge < -0.3 is 20.8 Å². The van der Waals surface area contributed by atoms with Gasteiger partial charge in [0.25, 0.3) is 0 Å². The summed E-state index contributed by atoms with van der Waals surface area (Å²) >= 11 is 0. The van der Waals surface area contributed by atoms with Crippen LogP contribution < -0.4 is 10.6 Å². The van der Waals surface area contributed by atoms with Gasteiger partial charge >= 0.3 is 0 Å². The summed E-state index contributed by atoms with van der Waals surface area (Å²) in [6, 6.07) is -0.907. The van der Waals surface area contributed by atoms with Gasteiger partial charge in [-0.3, -0.25) is 14.5 Å². The highest BCUT2D eigenvalue weighted by Gasteiger charge is 2.35. The predicted octanol–water partition coefficient (Wildman–Crippen LogP) is 7.27. The lowest BCUT2D eigenvalue weighted by Gasteiger charge is -2.32. The number of hydrogen-bond donors (Lipinski definition) is 4. The van der Waals surface area contributed by atoms with E-state index in [1.807, 2.05) is 13.8 Å². The van der Waals surface area contributed by atoms with Gasteiger partial charge in [0.05, 0.1) is 12.2 Å². The van der Waals surface area contributed by atoms with Crippen LogP contribution >= 0.6 is 0 Å². The van der Waals surface area contributed by atoms with Crippen LogP contribution in [0, 0.1) is 5.92 Å². The molecule has 0 aromatic rings. The van der Waals surface area contributed by atoms with Crippen LogP contribution in [0.25, 0.3) is 0 Å². The highest BCUT2D eigenvalue weighted by molar-refractivity contribution is 5.97. The summed E-state index contributed by atoms with van der Waals surface area (Å²) in [5.74, 6) is -0.0371. The molecule has 2 amide bonds. The first-order chi connectivity index (χ1) is 20.8. The van der Waals surface area contributed by atoms with Crippen molar-refractivity contribution in [3.05, 3.63) is 0 Å². The molecule has 1 saturated heterocycles. The van der Waals surface area contributed by atoms with E-state index in [0.717, 1.165) is 51.5 Å². The predicted molar refractivity (Wildman–Crippen MR) is 180 cm³/mol. The summed E-state index contributed by atoms with van der Waals surface area (Å²) < 4.78 is 0. The van der Waals surface area contributed by atoms with Gasteiger partial charge in [0.2, 0.25) is 11.8 Å². The second-order valence-corrected chi connectivity index (χ2v) is 13.5. The molecule has 7 nitrogen and oxygen atoms in total. The normalized spacial score (nSPS) is 19.3. The average molecular weight is 610 g/mol. The van der Waals surface area contributed by atoms with Crippen molar-refractivity contribution < 1.29 is 19.8 Å². The lowest BCUT2D eigenvalue weighted by atomic mass is 9.94. The van der Waals surface area contributed by atoms with Crippen LogP contribution in [0.1, 0.15) is 169 Å². The van der Waals surface area contributed by atoms with Crippen LogP contribution in [0.4, 0.5) is 0 Å². The molecule has 0 aliphatic carbocycles. The van der Waals surface area contributed by atoms with Gasteiger partial charge in [-0.25, -0.2) is 0 Å². The molecule has 1 rings (SSSR count). The van der Waals surface area contributed by atoms with E-state index in [9.17, 15) is 19.8 Å². The molecule has 43 heavy (non-hydrogen) atoms. The molecule has 1 aliphatic heterocycles. The van der Waals surface area contributed by atoms with Crippen LogP contribution in [-0.4, -0.2) is 70.9 Å². The molecule has 0 radical (unpaired) electrons. The first-order valence-electron chi connectivity index (χ1n) is 18.5. The second kappa shape index (κ2) is 26.1. The summed E-state index contributed by atoms with van der Waals surface area (Å²) in [7, 11) is 0. The number of piperazine rings is 1. The van der Waals surface area contributed by atoms with Crippen molar-refractivity contribution in [1.82, 2.24) is 15.5 Å². The Balaban J connectivity index is 2.44. The van der Waals surface area contributed by atoms with Crippen LogP contribution in [0.5, 0.6) is 0 Å². The number of nitrogens with zero attached hydrogens (tertiary/aromatic N) is 1. The highest BCUT2D eigenvalue weighted by atomic mass is 16.3. The lowest BCUT2D eigenvalue weighted by Crippen LogP contribution is -2.63. The van der Waals surface area contributed by atoms with E-state index >= 15 is 0 Å². The van der Waals surface area contributed by atoms with Crippen molar-refractivity contribution >= 4 is 11.8 Å². The maximum absolute atomic E-state index is 12.6. The number of carbonyl (C=O) groups excluding carboxylic acids is 2. The molecule has 5 unspecified atom stereocenters. The summed E-state index contributed by atoms with van der Waals surface area (Å²) in [4.78, 5) is 27.4. The van der Waals surface area contributed by atoms with E-state index in [1.165, 1.54) is 89.9 Å². The third-order valence-corrected chi connectivity index (χ3v) is 9.36. The van der Waals surface area contributed by atoms with Crippen LogP contribution in [-0.2, 0) is 9.59 Å². The van der Waals surface area contributed by atoms with Gasteiger partial charge in [-0.05, 0) is 44.6 Å². The topological polar surface area (TPSA) is 102 Å². The highest BCUT2D eigenvalue weighted by Crippen LogP contribution is 2.16. The third kappa shape index (κ3) is 19.7. The molecule has 1 heterocycles. The Morgan fingerprint density at radius 2 is 1.09 bits per heavy atom. The molecule has 0 spiro atoms. The number of aliphatic hydroxyl groups is 2. The summed E-state index contributed by atoms with van der Waals surface area (Å²) in [6.45, 7) is 10.5. The fraction of sp³-hybridized carbons (Fsp3) is 0.944. The summed E-state index contributed by atoms with van der Waals surface area (Å²) in [5, 5.41) is 27.5. The number of rotatable bonds is 29. The molecule has 5 atom stereocenters. The van der Waals surface area contributed by atoms with E-state index < -0.39 is 12.1 Å². The Morgan fingerprint density at radius 3 is 1.56 bits per heavy atom. The maximum Gasteiger partial charge on any atom is 0.243 e. The number of unbranched alkanes of at least 4 members (excludes halogenated alkanes) is 15. The van der Waals surface area contributed by atoms with E-state index in [0.29, 0.717) is 19.5 Å². The molecule has 0 aromatic carbocycles. The number of aliphatic hydroxyl groups excluding tert-OH is 2. The zero-order valence-corrected chi connectivity index (χ0v) is 28.7. The first kappa shape index (κ1) is 39.8. The minimum atomic E-state index is -0.471. The molecule has 0 aromatic heterocycles. The molecule has 254 valence electrons. The van der Waals surface area contributed by atoms with Gasteiger partial charge in [-0.2, -0.15) is 0 Å². The standard InChI is InChI=1S/C36H71N3O4/c1-5-8-10-12-14-16-18-20-24-31(40)28-39(29-32(41)25-21-19-17-15-13-11-9-6-2)27-23-22-26-33-35(42)38-34(30(4)7-3)36(43)37-33/h30-34,40-41H,5-29H2,1-4H3,(H,37,43)(H,38,42). The molecular weight excluding hydrogens is 538 g/mol. The first-order valence-corrected chi connectivity index (χ1v) is 18.5. The smallest absolute Gasteiger partial charge is 0.243 e. The van der Waals surface area contributed by atoms with Crippen molar-refractivity contribution in [3.63, 3.8) is 0 Å². The molecule has 0 bridgehead atoms. The monoisotopic (exact) mass is 610 g/mol. The lowest BCUT2D eigenvalue weighted by molar-refractivity contribution is -0.138.